The normalized spacial score (nSPS) is 10.4. The van der Waals surface area contributed by atoms with Crippen LogP contribution in [0, 0.1) is 0 Å². The Morgan fingerprint density at radius 1 is 1.14 bits per heavy atom. The van der Waals surface area contributed by atoms with Gasteiger partial charge < -0.3 is 10.1 Å². The summed E-state index contributed by atoms with van der Waals surface area (Å²) in [7, 11) is 2.00. The van der Waals surface area contributed by atoms with E-state index in [4.69, 9.17) is 4.74 Å². The molecule has 0 spiro atoms. The van der Waals surface area contributed by atoms with Crippen molar-refractivity contribution in [2.45, 2.75) is 39.0 Å². The van der Waals surface area contributed by atoms with Gasteiger partial charge in [-0.1, -0.05) is 18.4 Å². The van der Waals surface area contributed by atoms with Crippen LogP contribution < -0.4 is 5.32 Å². The molecule has 0 unspecified atom stereocenters. The molecule has 0 aromatic rings. The van der Waals surface area contributed by atoms with Gasteiger partial charge in [-0.2, -0.15) is 0 Å². The molecule has 0 radical (unpaired) electrons. The van der Waals surface area contributed by atoms with Crippen LogP contribution in [0.4, 0.5) is 0 Å². The molecule has 84 valence electrons. The number of hydrogen-bond acceptors (Lipinski definition) is 2. The summed E-state index contributed by atoms with van der Waals surface area (Å²) >= 11 is 0. The highest BCUT2D eigenvalue weighted by molar-refractivity contribution is 4.86. The van der Waals surface area contributed by atoms with E-state index in [1.54, 1.807) is 0 Å². The van der Waals surface area contributed by atoms with Crippen molar-refractivity contribution in [1.29, 1.82) is 0 Å². The molecular weight excluding hydrogens is 174 g/mol. The average Bonchev–Trinajstić information content (AvgIpc) is 2.15. The van der Waals surface area contributed by atoms with Crippen LogP contribution in [0.25, 0.3) is 0 Å². The highest BCUT2D eigenvalue weighted by Crippen LogP contribution is 2.00. The lowest BCUT2D eigenvalue weighted by atomic mass is 10.2. The maximum atomic E-state index is 5.47. The lowest BCUT2D eigenvalue weighted by Gasteiger charge is -2.04. The zero-order valence-electron chi connectivity index (χ0n) is 9.77. The Morgan fingerprint density at radius 3 is 2.50 bits per heavy atom. The fourth-order valence-electron chi connectivity index (χ4n) is 1.21. The van der Waals surface area contributed by atoms with Crippen LogP contribution in [0.5, 0.6) is 0 Å². The minimum Gasteiger partial charge on any atom is -0.381 e. The fourth-order valence-corrected chi connectivity index (χ4v) is 1.21. The first-order valence-electron chi connectivity index (χ1n) is 5.64. The third-order valence-electron chi connectivity index (χ3n) is 2.14. The van der Waals surface area contributed by atoms with Crippen molar-refractivity contribution in [2.75, 3.05) is 26.8 Å². The molecule has 1 N–H and O–H groups in total. The van der Waals surface area contributed by atoms with Crippen molar-refractivity contribution in [3.63, 3.8) is 0 Å². The summed E-state index contributed by atoms with van der Waals surface area (Å²) in [5.74, 6) is 0. The molecule has 0 bridgehead atoms. The Morgan fingerprint density at radius 2 is 1.86 bits per heavy atom. The van der Waals surface area contributed by atoms with Crippen molar-refractivity contribution in [1.82, 2.24) is 5.32 Å². The molecule has 0 saturated carbocycles. The molecule has 0 aromatic carbocycles. The van der Waals surface area contributed by atoms with E-state index >= 15 is 0 Å². The molecule has 0 amide bonds. The lowest BCUT2D eigenvalue weighted by Crippen LogP contribution is -2.07. The molecule has 2 nitrogen and oxygen atoms in total. The molecule has 0 aliphatic rings. The average molecular weight is 199 g/mol. The largest absolute Gasteiger partial charge is 0.381 e. The van der Waals surface area contributed by atoms with Crippen molar-refractivity contribution in [3.8, 4) is 0 Å². The molecular formula is C12H25NO. The Labute approximate surface area is 88.7 Å². The molecule has 0 aromatic heterocycles. The van der Waals surface area contributed by atoms with Gasteiger partial charge in [0.1, 0.15) is 0 Å². The Kier molecular flexibility index (Phi) is 10.5. The molecule has 0 fully saturated rings. The van der Waals surface area contributed by atoms with Gasteiger partial charge in [0.05, 0.1) is 6.61 Å². The molecule has 0 rings (SSSR count). The maximum Gasteiger partial charge on any atom is 0.0502 e. The molecule has 0 aliphatic carbocycles. The highest BCUT2D eigenvalue weighted by atomic mass is 16.5. The van der Waals surface area contributed by atoms with Crippen LogP contribution in [-0.2, 0) is 4.74 Å². The first-order chi connectivity index (χ1) is 6.77. The van der Waals surface area contributed by atoms with Crippen molar-refractivity contribution >= 4 is 0 Å². The maximum absolute atomic E-state index is 5.47. The Bertz CT molecular complexity index is 134. The van der Waals surface area contributed by atoms with Gasteiger partial charge in [-0.15, -0.1) is 6.58 Å². The van der Waals surface area contributed by atoms with E-state index in [1.807, 2.05) is 14.0 Å². The summed E-state index contributed by atoms with van der Waals surface area (Å²) in [5, 5.41) is 3.15. The predicted molar refractivity (Wildman–Crippen MR) is 62.6 cm³/mol. The predicted octanol–water partition coefficient (Wildman–Crippen LogP) is 2.75. The van der Waals surface area contributed by atoms with Gasteiger partial charge in [0.25, 0.3) is 0 Å². The zero-order chi connectivity index (χ0) is 10.6. The van der Waals surface area contributed by atoms with Crippen LogP contribution in [-0.4, -0.2) is 26.8 Å². The van der Waals surface area contributed by atoms with Gasteiger partial charge in [-0.25, -0.2) is 0 Å². The third-order valence-corrected chi connectivity index (χ3v) is 2.14. The summed E-state index contributed by atoms with van der Waals surface area (Å²) in [6.45, 7) is 8.76. The summed E-state index contributed by atoms with van der Waals surface area (Å²) < 4.78 is 5.47. The second kappa shape index (κ2) is 10.7. The van der Waals surface area contributed by atoms with Crippen molar-refractivity contribution < 1.29 is 4.74 Å². The van der Waals surface area contributed by atoms with Gasteiger partial charge in [-0.05, 0) is 39.8 Å². The summed E-state index contributed by atoms with van der Waals surface area (Å²) in [4.78, 5) is 0. The smallest absolute Gasteiger partial charge is 0.0502 e. The van der Waals surface area contributed by atoms with Crippen LogP contribution in [0.3, 0.4) is 0 Å². The summed E-state index contributed by atoms with van der Waals surface area (Å²) in [6, 6.07) is 0. The molecule has 0 heterocycles. The van der Waals surface area contributed by atoms with E-state index in [9.17, 15) is 0 Å². The standard InChI is InChI=1S/C12H25NO/c1-12(2)8-11-14-10-7-5-4-6-9-13-3/h13H,1,4-11H2,2-3H3. The van der Waals surface area contributed by atoms with Crippen molar-refractivity contribution in [3.05, 3.63) is 12.2 Å². The van der Waals surface area contributed by atoms with Gasteiger partial charge in [0.15, 0.2) is 0 Å². The van der Waals surface area contributed by atoms with E-state index in [1.165, 1.54) is 31.3 Å². The minimum absolute atomic E-state index is 0.839. The Hall–Kier alpha value is -0.340. The minimum atomic E-state index is 0.839. The molecule has 0 saturated heterocycles. The van der Waals surface area contributed by atoms with Gasteiger partial charge in [-0.3, -0.25) is 0 Å². The zero-order valence-corrected chi connectivity index (χ0v) is 9.77. The first kappa shape index (κ1) is 13.7. The number of rotatable bonds is 10. The van der Waals surface area contributed by atoms with Crippen LogP contribution in [0.2, 0.25) is 0 Å². The van der Waals surface area contributed by atoms with Gasteiger partial charge in [0, 0.05) is 6.61 Å². The van der Waals surface area contributed by atoms with Crippen LogP contribution >= 0.6 is 0 Å². The van der Waals surface area contributed by atoms with E-state index in [-0.39, 0.29) is 0 Å². The van der Waals surface area contributed by atoms with E-state index in [0.29, 0.717) is 0 Å². The SMILES string of the molecule is C=C(C)CCOCCCCCCNC. The third kappa shape index (κ3) is 11.7. The summed E-state index contributed by atoms with van der Waals surface area (Å²) in [5.41, 5.74) is 1.21. The second-order valence-electron chi connectivity index (χ2n) is 3.84. The summed E-state index contributed by atoms with van der Waals surface area (Å²) in [6.07, 6.45) is 6.07. The molecule has 14 heavy (non-hydrogen) atoms. The van der Waals surface area contributed by atoms with Crippen LogP contribution in [0.1, 0.15) is 39.0 Å². The molecule has 2 heteroatoms. The Balaban J connectivity index is 2.88. The van der Waals surface area contributed by atoms with Gasteiger partial charge in [0.2, 0.25) is 0 Å². The highest BCUT2D eigenvalue weighted by Gasteiger charge is 1.91. The molecule has 0 aliphatic heterocycles. The van der Waals surface area contributed by atoms with E-state index in [2.05, 4.69) is 11.9 Å². The van der Waals surface area contributed by atoms with Crippen molar-refractivity contribution in [2.24, 2.45) is 0 Å². The number of ether oxygens (including phenoxy) is 1. The first-order valence-corrected chi connectivity index (χ1v) is 5.64. The monoisotopic (exact) mass is 199 g/mol. The second-order valence-corrected chi connectivity index (χ2v) is 3.84. The quantitative estimate of drug-likeness (QED) is 0.431. The fraction of sp³-hybridized carbons (Fsp3) is 0.833. The molecule has 0 atom stereocenters. The number of nitrogens with one attached hydrogen (secondary N) is 1. The number of unbranched alkanes of at least 4 members (excludes halogenated alkanes) is 3. The topological polar surface area (TPSA) is 21.3 Å². The van der Waals surface area contributed by atoms with Crippen LogP contribution in [0.15, 0.2) is 12.2 Å². The van der Waals surface area contributed by atoms with E-state index < -0.39 is 0 Å². The van der Waals surface area contributed by atoms with E-state index in [0.717, 1.165) is 26.2 Å². The number of hydrogen-bond donors (Lipinski definition) is 1. The lowest BCUT2D eigenvalue weighted by molar-refractivity contribution is 0.133. The van der Waals surface area contributed by atoms with Gasteiger partial charge >= 0.3 is 0 Å².